The van der Waals surface area contributed by atoms with Gasteiger partial charge in [0.25, 0.3) is 0 Å². The largest absolute Gasteiger partial charge is 0.309 e. The molecule has 1 heterocycles. The Morgan fingerprint density at radius 2 is 0.636 bits per heavy atom. The van der Waals surface area contributed by atoms with Crippen LogP contribution in [0.15, 0.2) is 328 Å². The topological polar surface area (TPSA) is 4.93 Å². The molecule has 15 aromatic rings. The predicted molar refractivity (Wildman–Crippen MR) is 369 cm³/mol. The number of fused-ring (bicyclic) bond motifs is 10. The molecule has 412 valence electrons. The molecule has 14 aromatic carbocycles. The number of hydrogen-bond acceptors (Lipinski definition) is 0. The van der Waals surface area contributed by atoms with E-state index < -0.39 is 10.8 Å². The Kier molecular flexibility index (Phi) is 12.0. The normalized spacial score (nSPS) is 13.4. The molecule has 1 aromatic heterocycles. The van der Waals surface area contributed by atoms with E-state index in [0.717, 1.165) is 11.1 Å². The number of aromatic nitrogens is 1. The summed E-state index contributed by atoms with van der Waals surface area (Å²) in [6.45, 7) is 2.22. The predicted octanol–water partition coefficient (Wildman–Crippen LogP) is 22.1. The van der Waals surface area contributed by atoms with Crippen LogP contribution in [0.2, 0.25) is 0 Å². The Morgan fingerprint density at radius 1 is 0.261 bits per heavy atom. The van der Waals surface area contributed by atoms with Crippen LogP contribution in [0.25, 0.3) is 106 Å². The number of rotatable bonds is 10. The van der Waals surface area contributed by atoms with E-state index in [1.54, 1.807) is 0 Å². The summed E-state index contributed by atoms with van der Waals surface area (Å²) in [6, 6.07) is 122. The second kappa shape index (κ2) is 20.6. The summed E-state index contributed by atoms with van der Waals surface area (Å²) in [5.41, 5.74) is 28.6. The van der Waals surface area contributed by atoms with E-state index in [1.165, 1.54) is 144 Å². The summed E-state index contributed by atoms with van der Waals surface area (Å²) >= 11 is 0. The van der Waals surface area contributed by atoms with Crippen molar-refractivity contribution < 1.29 is 0 Å². The fourth-order valence-corrected chi connectivity index (χ4v) is 15.1. The summed E-state index contributed by atoms with van der Waals surface area (Å²) in [5, 5.41) is 5.00. The SMILES string of the molecule is Cc1ccc2c(c1)C(c1ccccc1)(c1ccccc1)c1cc(-c3ccc4c(c3)C(c3ccccc3)(c3ccccc3)c3cc(-c5ccc(/C=C/c6ccc(-c7ccc8c(c7)c7ccccc7n8-c7ccc8ccccc8c7)cc6)cc5)ccc3-4)ccc1-2. The molecule has 2 aliphatic rings. The molecule has 0 saturated heterocycles. The zero-order valence-electron chi connectivity index (χ0n) is 48.8. The number of para-hydroxylation sites is 1. The third kappa shape index (κ3) is 8.01. The molecule has 0 atom stereocenters. The number of benzene rings is 14. The van der Waals surface area contributed by atoms with Crippen molar-refractivity contribution in [3.8, 4) is 61.3 Å². The monoisotopic (exact) mass is 1120 g/mol. The lowest BCUT2D eigenvalue weighted by molar-refractivity contribution is 0.767. The molecule has 17 rings (SSSR count). The van der Waals surface area contributed by atoms with E-state index in [-0.39, 0.29) is 0 Å². The highest BCUT2D eigenvalue weighted by atomic mass is 15.0. The van der Waals surface area contributed by atoms with Gasteiger partial charge in [0, 0.05) is 16.5 Å². The van der Waals surface area contributed by atoms with Crippen molar-refractivity contribution in [3.63, 3.8) is 0 Å². The van der Waals surface area contributed by atoms with Crippen molar-refractivity contribution in [3.05, 3.63) is 389 Å². The van der Waals surface area contributed by atoms with Crippen LogP contribution in [0.4, 0.5) is 0 Å². The van der Waals surface area contributed by atoms with Gasteiger partial charge in [-0.05, 0) is 177 Å². The third-order valence-corrected chi connectivity index (χ3v) is 19.2. The van der Waals surface area contributed by atoms with E-state index in [9.17, 15) is 0 Å². The third-order valence-electron chi connectivity index (χ3n) is 19.2. The van der Waals surface area contributed by atoms with Crippen LogP contribution in [0.3, 0.4) is 0 Å². The van der Waals surface area contributed by atoms with Gasteiger partial charge in [0.15, 0.2) is 0 Å². The fourth-order valence-electron chi connectivity index (χ4n) is 15.1. The molecular formula is C87H59N. The van der Waals surface area contributed by atoms with Crippen molar-refractivity contribution in [2.45, 2.75) is 17.8 Å². The molecule has 0 bridgehead atoms. The average molecular weight is 1120 g/mol. The maximum atomic E-state index is 2.51. The minimum atomic E-state index is -0.592. The first-order chi connectivity index (χ1) is 43.5. The van der Waals surface area contributed by atoms with Crippen molar-refractivity contribution in [1.29, 1.82) is 0 Å². The lowest BCUT2D eigenvalue weighted by atomic mass is 9.66. The highest BCUT2D eigenvalue weighted by Crippen LogP contribution is 2.60. The summed E-state index contributed by atoms with van der Waals surface area (Å²) in [7, 11) is 0. The molecule has 0 N–H and O–H groups in total. The van der Waals surface area contributed by atoms with Gasteiger partial charge in [0.2, 0.25) is 0 Å². The van der Waals surface area contributed by atoms with Gasteiger partial charge in [0.1, 0.15) is 0 Å². The maximum Gasteiger partial charge on any atom is 0.0713 e. The Bertz CT molecular complexity index is 5150. The Balaban J connectivity index is 0.703. The van der Waals surface area contributed by atoms with Gasteiger partial charge in [-0.15, -0.1) is 0 Å². The average Bonchev–Trinajstić information content (AvgIpc) is 1.55. The van der Waals surface area contributed by atoms with E-state index in [0.29, 0.717) is 0 Å². The quantitative estimate of drug-likeness (QED) is 0.120. The van der Waals surface area contributed by atoms with Gasteiger partial charge in [-0.3, -0.25) is 0 Å². The van der Waals surface area contributed by atoms with Gasteiger partial charge in [-0.25, -0.2) is 0 Å². The lowest BCUT2D eigenvalue weighted by Gasteiger charge is -2.35. The van der Waals surface area contributed by atoms with E-state index >= 15 is 0 Å². The molecule has 2 aliphatic carbocycles. The minimum Gasteiger partial charge on any atom is -0.309 e. The van der Waals surface area contributed by atoms with Crippen LogP contribution in [0.5, 0.6) is 0 Å². The van der Waals surface area contributed by atoms with Gasteiger partial charge in [0.05, 0.1) is 21.9 Å². The van der Waals surface area contributed by atoms with Crippen molar-refractivity contribution in [1.82, 2.24) is 4.57 Å². The van der Waals surface area contributed by atoms with Crippen molar-refractivity contribution >= 4 is 44.7 Å². The minimum absolute atomic E-state index is 0.499. The van der Waals surface area contributed by atoms with Gasteiger partial charge in [-0.1, -0.05) is 297 Å². The Hall–Kier alpha value is -11.1. The first-order valence-corrected chi connectivity index (χ1v) is 30.7. The molecule has 0 fully saturated rings. The molecule has 0 spiro atoms. The van der Waals surface area contributed by atoms with Gasteiger partial charge >= 0.3 is 0 Å². The van der Waals surface area contributed by atoms with Crippen molar-refractivity contribution in [2.24, 2.45) is 0 Å². The molecule has 0 unspecified atom stereocenters. The molecule has 0 radical (unpaired) electrons. The highest BCUT2D eigenvalue weighted by molar-refractivity contribution is 6.11. The number of aryl methyl sites for hydroxylation is 1. The van der Waals surface area contributed by atoms with Crippen molar-refractivity contribution in [2.75, 3.05) is 0 Å². The van der Waals surface area contributed by atoms with Gasteiger partial charge < -0.3 is 4.57 Å². The molecule has 1 nitrogen and oxygen atoms in total. The van der Waals surface area contributed by atoms with Crippen LogP contribution < -0.4 is 0 Å². The summed E-state index contributed by atoms with van der Waals surface area (Å²) < 4.78 is 2.40. The molecule has 0 saturated carbocycles. The zero-order valence-corrected chi connectivity index (χ0v) is 48.8. The van der Waals surface area contributed by atoms with Crippen LogP contribution in [0.1, 0.15) is 61.2 Å². The summed E-state index contributed by atoms with van der Waals surface area (Å²) in [6.07, 6.45) is 4.45. The smallest absolute Gasteiger partial charge is 0.0713 e. The standard InChI is InChI=1S/C87H59N/c1-58-30-47-74-75-49-43-67(56-82(75)86(80(74)52-58,69-20-6-2-7-21-69)70-22-8-3-9-23-70)68-44-50-77-76-48-42-66(55-81(76)87(83(77)57-68,71-24-10-4-11-25-71)72-26-12-5-13-27-72)63-39-35-60(36-40-63)32-31-59-33-37-62(38-34-59)65-45-51-85-79(54-65)78-28-16-17-29-84(78)88(85)73-46-41-61-18-14-15-19-64(61)53-73/h2-57H,1H3/b32-31+. The first kappa shape index (κ1) is 51.3. The molecular weight excluding hydrogens is 1060 g/mol. The van der Waals surface area contributed by atoms with E-state index in [4.69, 9.17) is 0 Å². The van der Waals surface area contributed by atoms with Crippen LogP contribution in [-0.4, -0.2) is 4.57 Å². The second-order valence-electron chi connectivity index (χ2n) is 24.0. The molecule has 1 heteroatoms. The number of hydrogen-bond donors (Lipinski definition) is 0. The Labute approximate surface area is 514 Å². The Morgan fingerprint density at radius 3 is 1.14 bits per heavy atom. The fraction of sp³-hybridized carbons (Fsp3) is 0.0345. The van der Waals surface area contributed by atoms with Crippen LogP contribution in [0, 0.1) is 6.92 Å². The highest BCUT2D eigenvalue weighted by Gasteiger charge is 2.48. The molecule has 0 amide bonds. The van der Waals surface area contributed by atoms with E-state index in [1.807, 2.05) is 0 Å². The van der Waals surface area contributed by atoms with Crippen LogP contribution in [-0.2, 0) is 10.8 Å². The van der Waals surface area contributed by atoms with E-state index in [2.05, 4.69) is 351 Å². The second-order valence-corrected chi connectivity index (χ2v) is 24.0. The molecule has 0 aliphatic heterocycles. The van der Waals surface area contributed by atoms with Gasteiger partial charge in [-0.2, -0.15) is 0 Å². The van der Waals surface area contributed by atoms with Crippen LogP contribution >= 0.6 is 0 Å². The zero-order chi connectivity index (χ0) is 58.3. The molecule has 88 heavy (non-hydrogen) atoms. The summed E-state index contributed by atoms with van der Waals surface area (Å²) in [4.78, 5) is 0. The number of nitrogens with zero attached hydrogens (tertiary/aromatic N) is 1. The first-order valence-electron chi connectivity index (χ1n) is 30.7. The lowest BCUT2D eigenvalue weighted by Crippen LogP contribution is -2.29. The maximum absolute atomic E-state index is 2.51. The summed E-state index contributed by atoms with van der Waals surface area (Å²) in [5.74, 6) is 0.